The molecular weight excluding hydrogens is 237 g/mol. The Morgan fingerprint density at radius 2 is 2.06 bits per heavy atom. The molecule has 0 heterocycles. The van der Waals surface area contributed by atoms with Crippen LogP contribution in [0.4, 0.5) is 4.39 Å². The maximum Gasteiger partial charge on any atom is 0.124 e. The van der Waals surface area contributed by atoms with Crippen LogP contribution in [0.3, 0.4) is 0 Å². The zero-order valence-corrected chi connectivity index (χ0v) is 11.3. The molecule has 1 aliphatic rings. The number of nitrogens with one attached hydrogen (secondary N) is 1. The molecule has 0 radical (unpaired) electrons. The fourth-order valence-corrected chi connectivity index (χ4v) is 3.07. The number of hydrogen-bond donors (Lipinski definition) is 1. The van der Waals surface area contributed by atoms with Crippen molar-refractivity contribution in [3.05, 3.63) is 34.6 Å². The van der Waals surface area contributed by atoms with Gasteiger partial charge in [0.05, 0.1) is 0 Å². The Balaban J connectivity index is 2.17. The summed E-state index contributed by atoms with van der Waals surface area (Å²) in [5.41, 5.74) is 1.27. The third-order valence-electron chi connectivity index (χ3n) is 3.91. The number of benzene rings is 1. The Labute approximate surface area is 107 Å². The van der Waals surface area contributed by atoms with E-state index >= 15 is 0 Å². The van der Waals surface area contributed by atoms with Crippen molar-refractivity contribution >= 4 is 11.6 Å². The van der Waals surface area contributed by atoms with Crippen molar-refractivity contribution in [2.24, 2.45) is 11.3 Å². The molecule has 1 aromatic rings. The van der Waals surface area contributed by atoms with Crippen molar-refractivity contribution in [3.8, 4) is 0 Å². The molecule has 2 rings (SSSR count). The van der Waals surface area contributed by atoms with Gasteiger partial charge in [-0.05, 0) is 54.1 Å². The van der Waals surface area contributed by atoms with Crippen molar-refractivity contribution in [2.45, 2.75) is 26.7 Å². The minimum Gasteiger partial charge on any atom is -0.317 e. The fourth-order valence-electron chi connectivity index (χ4n) is 2.84. The van der Waals surface area contributed by atoms with Gasteiger partial charge in [0.2, 0.25) is 0 Å². The van der Waals surface area contributed by atoms with E-state index in [2.05, 4.69) is 26.1 Å². The maximum atomic E-state index is 13.3. The van der Waals surface area contributed by atoms with Crippen LogP contribution >= 0.6 is 11.6 Å². The molecule has 1 N–H and O–H groups in total. The van der Waals surface area contributed by atoms with Gasteiger partial charge in [0.1, 0.15) is 5.82 Å². The van der Waals surface area contributed by atoms with Crippen LogP contribution in [0.1, 0.15) is 32.3 Å². The van der Waals surface area contributed by atoms with Crippen LogP contribution in [0.2, 0.25) is 5.02 Å². The summed E-state index contributed by atoms with van der Waals surface area (Å²) >= 11 is 5.91. The zero-order valence-electron chi connectivity index (χ0n) is 10.6. The van der Waals surface area contributed by atoms with E-state index in [-0.39, 0.29) is 11.2 Å². The van der Waals surface area contributed by atoms with Gasteiger partial charge in [-0.25, -0.2) is 4.39 Å². The third-order valence-corrected chi connectivity index (χ3v) is 4.13. The third kappa shape index (κ3) is 2.48. The van der Waals surface area contributed by atoms with E-state index in [0.717, 1.165) is 18.7 Å². The molecule has 1 aliphatic carbocycles. The molecule has 0 amide bonds. The number of halogens is 2. The van der Waals surface area contributed by atoms with Gasteiger partial charge < -0.3 is 5.32 Å². The first-order chi connectivity index (χ1) is 7.96. The van der Waals surface area contributed by atoms with Crippen LogP contribution in [0.25, 0.3) is 0 Å². The second-order valence-corrected chi connectivity index (χ2v) is 5.85. The summed E-state index contributed by atoms with van der Waals surface area (Å²) in [6.45, 7) is 8.53. The molecule has 0 aromatic heterocycles. The molecule has 0 bridgehead atoms. The molecule has 0 saturated heterocycles. The minimum absolute atomic E-state index is 0.235. The first-order valence-electron chi connectivity index (χ1n) is 6.13. The minimum atomic E-state index is -0.239. The van der Waals surface area contributed by atoms with Gasteiger partial charge in [-0.3, -0.25) is 0 Å². The van der Waals surface area contributed by atoms with Gasteiger partial charge in [0.15, 0.2) is 0 Å². The standard InChI is InChI=1S/C14H19ClFN/c1-4-17-8-12-13(14(12,2)3)9-5-10(15)7-11(16)6-9/h5-7,12-13,17H,4,8H2,1-3H3. The van der Waals surface area contributed by atoms with E-state index in [4.69, 9.17) is 11.6 Å². The summed E-state index contributed by atoms with van der Waals surface area (Å²) in [6, 6.07) is 4.87. The Kier molecular flexibility index (Phi) is 3.46. The van der Waals surface area contributed by atoms with Crippen LogP contribution in [0, 0.1) is 17.2 Å². The van der Waals surface area contributed by atoms with Crippen molar-refractivity contribution in [3.63, 3.8) is 0 Å². The number of hydrogen-bond acceptors (Lipinski definition) is 1. The Morgan fingerprint density at radius 1 is 1.35 bits per heavy atom. The topological polar surface area (TPSA) is 12.0 Å². The highest BCUT2D eigenvalue weighted by Crippen LogP contribution is 2.64. The SMILES string of the molecule is CCNCC1C(c2cc(F)cc(Cl)c2)C1(C)C. The van der Waals surface area contributed by atoms with Gasteiger partial charge in [-0.15, -0.1) is 0 Å². The van der Waals surface area contributed by atoms with Crippen molar-refractivity contribution in [1.29, 1.82) is 0 Å². The molecule has 3 heteroatoms. The lowest BCUT2D eigenvalue weighted by Crippen LogP contribution is -2.17. The van der Waals surface area contributed by atoms with Gasteiger partial charge in [0, 0.05) is 5.02 Å². The molecule has 1 aromatic carbocycles. The molecule has 17 heavy (non-hydrogen) atoms. The molecule has 1 nitrogen and oxygen atoms in total. The summed E-state index contributed by atoms with van der Waals surface area (Å²) in [5, 5.41) is 3.86. The van der Waals surface area contributed by atoms with Crippen LogP contribution in [0.5, 0.6) is 0 Å². The predicted molar refractivity (Wildman–Crippen MR) is 70.0 cm³/mol. The van der Waals surface area contributed by atoms with Crippen LogP contribution in [-0.4, -0.2) is 13.1 Å². The van der Waals surface area contributed by atoms with Gasteiger partial charge in [-0.1, -0.05) is 32.4 Å². The lowest BCUT2D eigenvalue weighted by molar-refractivity contribution is 0.525. The molecule has 2 atom stereocenters. The van der Waals surface area contributed by atoms with Gasteiger partial charge in [0.25, 0.3) is 0 Å². The van der Waals surface area contributed by atoms with E-state index < -0.39 is 0 Å². The molecular formula is C14H19ClFN. The van der Waals surface area contributed by atoms with E-state index in [1.54, 1.807) is 6.07 Å². The highest BCUT2D eigenvalue weighted by Gasteiger charge is 2.57. The van der Waals surface area contributed by atoms with Crippen LogP contribution in [-0.2, 0) is 0 Å². The van der Waals surface area contributed by atoms with E-state index in [9.17, 15) is 4.39 Å². The lowest BCUT2D eigenvalue weighted by atomic mass is 10.0. The predicted octanol–water partition coefficient (Wildman–Crippen LogP) is 3.83. The van der Waals surface area contributed by atoms with Crippen LogP contribution < -0.4 is 5.32 Å². The average molecular weight is 256 g/mol. The lowest BCUT2D eigenvalue weighted by Gasteiger charge is -2.04. The monoisotopic (exact) mass is 255 g/mol. The van der Waals surface area contributed by atoms with Crippen LogP contribution in [0.15, 0.2) is 18.2 Å². The van der Waals surface area contributed by atoms with Gasteiger partial charge >= 0.3 is 0 Å². The second kappa shape index (κ2) is 4.58. The first kappa shape index (κ1) is 12.8. The summed E-state index contributed by atoms with van der Waals surface area (Å²) in [4.78, 5) is 0. The maximum absolute atomic E-state index is 13.3. The number of rotatable bonds is 4. The van der Waals surface area contributed by atoms with E-state index in [0.29, 0.717) is 16.9 Å². The highest BCUT2D eigenvalue weighted by molar-refractivity contribution is 6.30. The van der Waals surface area contributed by atoms with Crippen molar-refractivity contribution < 1.29 is 4.39 Å². The zero-order chi connectivity index (χ0) is 12.6. The molecule has 2 unspecified atom stereocenters. The molecule has 1 saturated carbocycles. The molecule has 0 aliphatic heterocycles. The van der Waals surface area contributed by atoms with Crippen molar-refractivity contribution in [2.75, 3.05) is 13.1 Å². The Bertz CT molecular complexity index is 396. The summed E-state index contributed by atoms with van der Waals surface area (Å²) in [5.74, 6) is 0.743. The largest absolute Gasteiger partial charge is 0.317 e. The van der Waals surface area contributed by atoms with E-state index in [1.165, 1.54) is 6.07 Å². The average Bonchev–Trinajstić information content (AvgIpc) is 2.76. The fraction of sp³-hybridized carbons (Fsp3) is 0.571. The smallest absolute Gasteiger partial charge is 0.124 e. The summed E-state index contributed by atoms with van der Waals surface area (Å²) < 4.78 is 13.3. The second-order valence-electron chi connectivity index (χ2n) is 5.42. The Morgan fingerprint density at radius 3 is 2.65 bits per heavy atom. The molecule has 94 valence electrons. The van der Waals surface area contributed by atoms with Gasteiger partial charge in [-0.2, -0.15) is 0 Å². The first-order valence-corrected chi connectivity index (χ1v) is 6.51. The highest BCUT2D eigenvalue weighted by atomic mass is 35.5. The van der Waals surface area contributed by atoms with E-state index in [1.807, 2.05) is 6.07 Å². The normalized spacial score (nSPS) is 25.9. The quantitative estimate of drug-likeness (QED) is 0.862. The molecule has 1 fully saturated rings. The Hall–Kier alpha value is -0.600. The molecule has 0 spiro atoms. The summed E-state index contributed by atoms with van der Waals surface area (Å²) in [7, 11) is 0. The van der Waals surface area contributed by atoms with Crippen molar-refractivity contribution in [1.82, 2.24) is 5.32 Å². The summed E-state index contributed by atoms with van der Waals surface area (Å²) in [6.07, 6.45) is 0.